The summed E-state index contributed by atoms with van der Waals surface area (Å²) in [5.74, 6) is 1.80. The van der Waals surface area contributed by atoms with Crippen molar-refractivity contribution in [3.8, 4) is 11.5 Å². The highest BCUT2D eigenvalue weighted by Crippen LogP contribution is 2.30. The van der Waals surface area contributed by atoms with E-state index in [1.807, 2.05) is 48.5 Å². The highest BCUT2D eigenvalue weighted by atomic mass is 16.5. The molecule has 0 saturated carbocycles. The fourth-order valence-electron chi connectivity index (χ4n) is 2.25. The standard InChI is InChI=1S/C18H26N2O3/c1-10(2)22-12-8-13-15(14(9-12)23-11(3)4)16(21)20-17(19-13)18(5,6)7/h8-11H,1-7H3,(H,19,20,21). The first-order chi connectivity index (χ1) is 10.6. The Morgan fingerprint density at radius 1 is 1.04 bits per heavy atom. The lowest BCUT2D eigenvalue weighted by atomic mass is 9.95. The molecule has 5 heteroatoms. The number of hydrogen-bond donors (Lipinski definition) is 1. The third-order valence-electron chi connectivity index (χ3n) is 3.19. The van der Waals surface area contributed by atoms with Gasteiger partial charge in [-0.2, -0.15) is 0 Å². The molecule has 1 aromatic heterocycles. The van der Waals surface area contributed by atoms with E-state index < -0.39 is 0 Å². The molecule has 1 aromatic carbocycles. The number of nitrogens with one attached hydrogen (secondary N) is 1. The molecule has 0 spiro atoms. The average Bonchev–Trinajstić information content (AvgIpc) is 2.34. The third-order valence-corrected chi connectivity index (χ3v) is 3.19. The van der Waals surface area contributed by atoms with Crippen molar-refractivity contribution < 1.29 is 9.47 Å². The number of ether oxygens (including phenoxy) is 2. The van der Waals surface area contributed by atoms with Crippen LogP contribution in [0, 0.1) is 0 Å². The second-order valence-corrected chi connectivity index (χ2v) is 7.31. The summed E-state index contributed by atoms with van der Waals surface area (Å²) in [5.41, 5.74) is 0.153. The van der Waals surface area contributed by atoms with Gasteiger partial charge in [0.25, 0.3) is 5.56 Å². The maximum absolute atomic E-state index is 12.6. The lowest BCUT2D eigenvalue weighted by molar-refractivity contribution is 0.231. The van der Waals surface area contributed by atoms with Crippen molar-refractivity contribution in [2.45, 2.75) is 66.1 Å². The Morgan fingerprint density at radius 3 is 2.17 bits per heavy atom. The number of H-pyrrole nitrogens is 1. The molecule has 5 nitrogen and oxygen atoms in total. The number of nitrogens with zero attached hydrogens (tertiary/aromatic N) is 1. The van der Waals surface area contributed by atoms with Gasteiger partial charge in [0.2, 0.25) is 0 Å². The van der Waals surface area contributed by atoms with Crippen molar-refractivity contribution in [1.82, 2.24) is 9.97 Å². The number of fused-ring (bicyclic) bond motifs is 1. The second-order valence-electron chi connectivity index (χ2n) is 7.31. The minimum atomic E-state index is -0.249. The molecule has 2 aromatic rings. The Balaban J connectivity index is 2.73. The van der Waals surface area contributed by atoms with E-state index in [1.165, 1.54) is 0 Å². The predicted molar refractivity (Wildman–Crippen MR) is 92.6 cm³/mol. The van der Waals surface area contributed by atoms with Crippen LogP contribution in [0.5, 0.6) is 11.5 Å². The summed E-state index contributed by atoms with van der Waals surface area (Å²) in [5, 5.41) is 0.461. The van der Waals surface area contributed by atoms with E-state index in [9.17, 15) is 4.79 Å². The minimum Gasteiger partial charge on any atom is -0.491 e. The maximum Gasteiger partial charge on any atom is 0.262 e. The van der Waals surface area contributed by atoms with E-state index in [0.717, 1.165) is 0 Å². The van der Waals surface area contributed by atoms with Crippen LogP contribution in [-0.2, 0) is 5.41 Å². The maximum atomic E-state index is 12.6. The largest absolute Gasteiger partial charge is 0.491 e. The van der Waals surface area contributed by atoms with Gasteiger partial charge in [-0.25, -0.2) is 4.98 Å². The molecule has 0 aliphatic carbocycles. The Bertz CT molecular complexity index is 755. The molecule has 1 N–H and O–H groups in total. The lowest BCUT2D eigenvalue weighted by Gasteiger charge is -2.19. The van der Waals surface area contributed by atoms with Crippen molar-refractivity contribution in [1.29, 1.82) is 0 Å². The summed E-state index contributed by atoms with van der Waals surface area (Å²) in [6.07, 6.45) is -0.0161. The minimum absolute atomic E-state index is 0.0310. The van der Waals surface area contributed by atoms with E-state index in [0.29, 0.717) is 28.2 Å². The van der Waals surface area contributed by atoms with Crippen LogP contribution in [0.3, 0.4) is 0 Å². The zero-order valence-electron chi connectivity index (χ0n) is 15.0. The normalized spacial score (nSPS) is 12.2. The van der Waals surface area contributed by atoms with Gasteiger partial charge in [0.15, 0.2) is 0 Å². The zero-order valence-corrected chi connectivity index (χ0v) is 15.0. The molecule has 0 atom stereocenters. The fraction of sp³-hybridized carbons (Fsp3) is 0.556. The van der Waals surface area contributed by atoms with Crippen LogP contribution in [0.2, 0.25) is 0 Å². The Morgan fingerprint density at radius 2 is 1.65 bits per heavy atom. The first-order valence-electron chi connectivity index (χ1n) is 8.00. The first kappa shape index (κ1) is 17.3. The molecular formula is C18H26N2O3. The Kier molecular flexibility index (Phi) is 4.68. The Hall–Kier alpha value is -2.04. The van der Waals surface area contributed by atoms with Gasteiger partial charge in [-0.1, -0.05) is 20.8 Å². The van der Waals surface area contributed by atoms with Gasteiger partial charge in [-0.05, 0) is 27.7 Å². The van der Waals surface area contributed by atoms with Gasteiger partial charge < -0.3 is 14.5 Å². The van der Waals surface area contributed by atoms with Gasteiger partial charge >= 0.3 is 0 Å². The van der Waals surface area contributed by atoms with Crippen LogP contribution in [0.1, 0.15) is 54.3 Å². The molecule has 0 saturated heterocycles. The van der Waals surface area contributed by atoms with Crippen LogP contribution in [0.4, 0.5) is 0 Å². The third kappa shape index (κ3) is 4.03. The molecule has 0 radical (unpaired) electrons. The van der Waals surface area contributed by atoms with Gasteiger partial charge in [-0.3, -0.25) is 4.79 Å². The van der Waals surface area contributed by atoms with Crippen molar-refractivity contribution >= 4 is 10.9 Å². The molecule has 0 aliphatic heterocycles. The summed E-state index contributed by atoms with van der Waals surface area (Å²) in [6, 6.07) is 3.56. The van der Waals surface area contributed by atoms with E-state index in [2.05, 4.69) is 9.97 Å². The molecule has 2 rings (SSSR count). The second kappa shape index (κ2) is 6.22. The molecule has 0 aliphatic rings. The fourth-order valence-corrected chi connectivity index (χ4v) is 2.25. The van der Waals surface area contributed by atoms with E-state index in [4.69, 9.17) is 9.47 Å². The zero-order chi connectivity index (χ0) is 17.4. The number of benzene rings is 1. The summed E-state index contributed by atoms with van der Waals surface area (Å²) < 4.78 is 11.6. The SMILES string of the molecule is CC(C)Oc1cc(OC(C)C)c2c(=O)[nH]c(C(C)(C)C)nc2c1. The van der Waals surface area contributed by atoms with Crippen LogP contribution >= 0.6 is 0 Å². The number of hydrogen-bond acceptors (Lipinski definition) is 4. The average molecular weight is 318 g/mol. The number of rotatable bonds is 4. The molecule has 0 unspecified atom stereocenters. The van der Waals surface area contributed by atoms with Crippen molar-refractivity contribution in [2.75, 3.05) is 0 Å². The molecular weight excluding hydrogens is 292 g/mol. The van der Waals surface area contributed by atoms with Crippen molar-refractivity contribution in [3.63, 3.8) is 0 Å². The highest BCUT2D eigenvalue weighted by Gasteiger charge is 2.20. The molecule has 0 bridgehead atoms. The monoisotopic (exact) mass is 318 g/mol. The number of aromatic nitrogens is 2. The van der Waals surface area contributed by atoms with Crippen molar-refractivity contribution in [2.24, 2.45) is 0 Å². The molecule has 126 valence electrons. The smallest absolute Gasteiger partial charge is 0.262 e. The summed E-state index contributed by atoms with van der Waals surface area (Å²) in [6.45, 7) is 13.8. The van der Waals surface area contributed by atoms with Crippen molar-refractivity contribution in [3.05, 3.63) is 28.3 Å². The topological polar surface area (TPSA) is 64.2 Å². The molecule has 0 fully saturated rings. The van der Waals surface area contributed by atoms with Gasteiger partial charge in [0.05, 0.1) is 17.7 Å². The van der Waals surface area contributed by atoms with Gasteiger partial charge in [0.1, 0.15) is 22.7 Å². The predicted octanol–water partition coefficient (Wildman–Crippen LogP) is 3.80. The van der Waals surface area contributed by atoms with Crippen LogP contribution < -0.4 is 15.0 Å². The quantitative estimate of drug-likeness (QED) is 0.931. The highest BCUT2D eigenvalue weighted by molar-refractivity contribution is 5.86. The first-order valence-corrected chi connectivity index (χ1v) is 8.00. The van der Waals surface area contributed by atoms with Gasteiger partial charge in [0, 0.05) is 17.5 Å². The van der Waals surface area contributed by atoms with E-state index >= 15 is 0 Å². The lowest BCUT2D eigenvalue weighted by Crippen LogP contribution is -2.23. The van der Waals surface area contributed by atoms with Crippen LogP contribution in [0.25, 0.3) is 10.9 Å². The van der Waals surface area contributed by atoms with E-state index in [1.54, 1.807) is 12.1 Å². The van der Waals surface area contributed by atoms with Crippen LogP contribution in [0.15, 0.2) is 16.9 Å². The molecule has 0 amide bonds. The molecule has 1 heterocycles. The summed E-state index contributed by atoms with van der Waals surface area (Å²) >= 11 is 0. The van der Waals surface area contributed by atoms with Crippen LogP contribution in [-0.4, -0.2) is 22.2 Å². The molecule has 23 heavy (non-hydrogen) atoms. The number of aromatic amines is 1. The summed E-state index contributed by atoms with van der Waals surface area (Å²) in [7, 11) is 0. The van der Waals surface area contributed by atoms with Gasteiger partial charge in [-0.15, -0.1) is 0 Å². The Labute approximate surface area is 137 Å². The summed E-state index contributed by atoms with van der Waals surface area (Å²) in [4.78, 5) is 20.1. The van der Waals surface area contributed by atoms with E-state index in [-0.39, 0.29) is 23.2 Å².